The summed E-state index contributed by atoms with van der Waals surface area (Å²) in [5.41, 5.74) is 1.68. The van der Waals surface area contributed by atoms with Gasteiger partial charge in [0.05, 0.1) is 10.6 Å². The molecular formula is C15H22N2O3S2. The number of sulfonamides is 1. The molecule has 1 aliphatic rings. The van der Waals surface area contributed by atoms with Gasteiger partial charge in [-0.2, -0.15) is 16.1 Å². The summed E-state index contributed by atoms with van der Waals surface area (Å²) >= 11 is 1.49. The van der Waals surface area contributed by atoms with Crippen molar-refractivity contribution in [3.63, 3.8) is 0 Å². The van der Waals surface area contributed by atoms with Gasteiger partial charge >= 0.3 is 0 Å². The second kappa shape index (κ2) is 7.02. The van der Waals surface area contributed by atoms with Gasteiger partial charge in [0, 0.05) is 26.2 Å². The quantitative estimate of drug-likeness (QED) is 0.832. The van der Waals surface area contributed by atoms with Crippen LogP contribution in [0.25, 0.3) is 0 Å². The van der Waals surface area contributed by atoms with Crippen molar-refractivity contribution in [3.05, 3.63) is 29.3 Å². The van der Waals surface area contributed by atoms with Crippen LogP contribution in [0.1, 0.15) is 11.1 Å². The Kier molecular flexibility index (Phi) is 5.52. The molecule has 122 valence electrons. The van der Waals surface area contributed by atoms with Crippen molar-refractivity contribution in [2.75, 3.05) is 38.2 Å². The van der Waals surface area contributed by atoms with E-state index in [1.54, 1.807) is 11.0 Å². The maximum absolute atomic E-state index is 12.8. The molecule has 1 heterocycles. The van der Waals surface area contributed by atoms with Crippen LogP contribution in [0.5, 0.6) is 0 Å². The van der Waals surface area contributed by atoms with E-state index in [1.807, 2.05) is 32.2 Å². The van der Waals surface area contributed by atoms with Crippen LogP contribution in [0, 0.1) is 13.8 Å². The lowest BCUT2D eigenvalue weighted by atomic mass is 10.2. The molecule has 0 unspecified atom stereocenters. The van der Waals surface area contributed by atoms with E-state index < -0.39 is 10.0 Å². The maximum atomic E-state index is 12.8. The fraction of sp³-hybridized carbons (Fsp3) is 0.533. The van der Waals surface area contributed by atoms with E-state index in [1.165, 1.54) is 16.1 Å². The molecular weight excluding hydrogens is 320 g/mol. The monoisotopic (exact) mass is 342 g/mol. The number of nitrogens with zero attached hydrogens (tertiary/aromatic N) is 2. The lowest BCUT2D eigenvalue weighted by molar-refractivity contribution is -0.129. The molecule has 0 atom stereocenters. The second-order valence-electron chi connectivity index (χ2n) is 5.49. The number of hydrogen-bond donors (Lipinski definition) is 0. The first-order chi connectivity index (χ1) is 10.4. The Labute approximate surface area is 136 Å². The molecule has 1 amide bonds. The van der Waals surface area contributed by atoms with Crippen molar-refractivity contribution in [1.29, 1.82) is 0 Å². The first-order valence-corrected chi connectivity index (χ1v) is 10.0. The molecule has 22 heavy (non-hydrogen) atoms. The molecule has 0 N–H and O–H groups in total. The molecule has 0 saturated carbocycles. The van der Waals surface area contributed by atoms with E-state index in [0.29, 0.717) is 36.8 Å². The topological polar surface area (TPSA) is 57.7 Å². The van der Waals surface area contributed by atoms with Crippen LogP contribution >= 0.6 is 11.8 Å². The highest BCUT2D eigenvalue weighted by molar-refractivity contribution is 7.99. The molecule has 1 aromatic rings. The summed E-state index contributed by atoms with van der Waals surface area (Å²) in [6.07, 6.45) is 1.89. The van der Waals surface area contributed by atoms with Crippen molar-refractivity contribution in [2.24, 2.45) is 0 Å². The fourth-order valence-electron chi connectivity index (χ4n) is 2.52. The van der Waals surface area contributed by atoms with Crippen LogP contribution in [0.3, 0.4) is 0 Å². The minimum absolute atomic E-state index is 0.0799. The van der Waals surface area contributed by atoms with E-state index >= 15 is 0 Å². The maximum Gasteiger partial charge on any atom is 0.243 e. The molecule has 0 bridgehead atoms. The minimum Gasteiger partial charge on any atom is -0.339 e. The van der Waals surface area contributed by atoms with Crippen molar-refractivity contribution >= 4 is 27.7 Å². The molecule has 0 spiro atoms. The number of benzene rings is 1. The molecule has 7 heteroatoms. The molecule has 1 saturated heterocycles. The average molecular weight is 342 g/mol. The summed E-state index contributed by atoms with van der Waals surface area (Å²) in [7, 11) is -3.49. The molecule has 5 nitrogen and oxygen atoms in total. The van der Waals surface area contributed by atoms with Crippen LogP contribution in [-0.4, -0.2) is 61.7 Å². The second-order valence-corrected chi connectivity index (χ2v) is 8.26. The third-order valence-electron chi connectivity index (χ3n) is 3.82. The van der Waals surface area contributed by atoms with Crippen molar-refractivity contribution < 1.29 is 13.2 Å². The highest BCUT2D eigenvalue weighted by atomic mass is 32.2. The van der Waals surface area contributed by atoms with Gasteiger partial charge in [0.1, 0.15) is 0 Å². The lowest BCUT2D eigenvalue weighted by Crippen LogP contribution is -2.51. The summed E-state index contributed by atoms with van der Waals surface area (Å²) in [5.74, 6) is 0.528. The Hall–Kier alpha value is -1.05. The first kappa shape index (κ1) is 17.3. The standard InChI is InChI=1S/C15H22N2O3S2/c1-12-4-5-13(2)14(10-12)22(19,20)17-8-6-16(7-9-17)15(18)11-21-3/h4-5,10H,6-9,11H2,1-3H3. The normalized spacial score (nSPS) is 16.8. The van der Waals surface area contributed by atoms with Crippen molar-refractivity contribution in [2.45, 2.75) is 18.7 Å². The molecule has 0 aromatic heterocycles. The predicted molar refractivity (Wildman–Crippen MR) is 89.6 cm³/mol. The summed E-state index contributed by atoms with van der Waals surface area (Å²) in [6, 6.07) is 5.46. The Morgan fingerprint density at radius 3 is 2.41 bits per heavy atom. The molecule has 0 aliphatic carbocycles. The number of thioether (sulfide) groups is 1. The summed E-state index contributed by atoms with van der Waals surface area (Å²) in [6.45, 7) is 5.33. The van der Waals surface area contributed by atoms with Crippen molar-refractivity contribution in [3.8, 4) is 0 Å². The van der Waals surface area contributed by atoms with E-state index in [2.05, 4.69) is 0 Å². The lowest BCUT2D eigenvalue weighted by Gasteiger charge is -2.34. The van der Waals surface area contributed by atoms with E-state index in [-0.39, 0.29) is 5.91 Å². The first-order valence-electron chi connectivity index (χ1n) is 7.20. The Bertz CT molecular complexity index is 651. The van der Waals surface area contributed by atoms with Gasteiger partial charge in [-0.3, -0.25) is 4.79 Å². The van der Waals surface area contributed by atoms with Gasteiger partial charge in [0.25, 0.3) is 0 Å². The van der Waals surface area contributed by atoms with Gasteiger partial charge in [-0.05, 0) is 37.3 Å². The van der Waals surface area contributed by atoms with Crippen LogP contribution in [-0.2, 0) is 14.8 Å². The molecule has 1 aromatic carbocycles. The number of hydrogen-bond acceptors (Lipinski definition) is 4. The highest BCUT2D eigenvalue weighted by Gasteiger charge is 2.30. The smallest absolute Gasteiger partial charge is 0.243 e. The zero-order chi connectivity index (χ0) is 16.3. The number of aryl methyl sites for hydroxylation is 2. The Morgan fingerprint density at radius 2 is 1.82 bits per heavy atom. The van der Waals surface area contributed by atoms with E-state index in [0.717, 1.165) is 11.1 Å². The van der Waals surface area contributed by atoms with Crippen LogP contribution in [0.4, 0.5) is 0 Å². The fourth-order valence-corrected chi connectivity index (χ4v) is 4.68. The summed E-state index contributed by atoms with van der Waals surface area (Å²) in [4.78, 5) is 14.0. The van der Waals surface area contributed by atoms with Crippen molar-refractivity contribution in [1.82, 2.24) is 9.21 Å². The number of amides is 1. The van der Waals surface area contributed by atoms with Crippen LogP contribution in [0.2, 0.25) is 0 Å². The van der Waals surface area contributed by atoms with Gasteiger partial charge in [-0.15, -0.1) is 0 Å². The largest absolute Gasteiger partial charge is 0.339 e. The zero-order valence-corrected chi connectivity index (χ0v) is 14.8. The summed E-state index contributed by atoms with van der Waals surface area (Å²) < 4.78 is 27.0. The van der Waals surface area contributed by atoms with Gasteiger partial charge in [-0.25, -0.2) is 8.42 Å². The molecule has 2 rings (SSSR count). The third-order valence-corrected chi connectivity index (χ3v) is 6.40. The highest BCUT2D eigenvalue weighted by Crippen LogP contribution is 2.22. The van der Waals surface area contributed by atoms with Crippen LogP contribution < -0.4 is 0 Å². The Balaban J connectivity index is 2.13. The molecule has 0 radical (unpaired) electrons. The number of carbonyl (C=O) groups excluding carboxylic acids is 1. The Morgan fingerprint density at radius 1 is 1.18 bits per heavy atom. The molecule has 1 fully saturated rings. The SMILES string of the molecule is CSCC(=O)N1CCN(S(=O)(=O)c2cc(C)ccc2C)CC1. The van der Waals surface area contributed by atoms with E-state index in [9.17, 15) is 13.2 Å². The minimum atomic E-state index is -3.49. The van der Waals surface area contributed by atoms with Gasteiger partial charge < -0.3 is 4.90 Å². The molecule has 1 aliphatic heterocycles. The third kappa shape index (κ3) is 3.64. The van der Waals surface area contributed by atoms with Gasteiger partial charge in [0.15, 0.2) is 0 Å². The van der Waals surface area contributed by atoms with Crippen LogP contribution in [0.15, 0.2) is 23.1 Å². The predicted octanol–water partition coefficient (Wildman–Crippen LogP) is 1.50. The number of piperazine rings is 1. The average Bonchev–Trinajstić information content (AvgIpc) is 2.50. The zero-order valence-electron chi connectivity index (χ0n) is 13.2. The number of rotatable bonds is 4. The van der Waals surface area contributed by atoms with E-state index in [4.69, 9.17) is 0 Å². The van der Waals surface area contributed by atoms with Gasteiger partial charge in [-0.1, -0.05) is 12.1 Å². The van der Waals surface area contributed by atoms with Gasteiger partial charge in [0.2, 0.25) is 15.9 Å². The number of carbonyl (C=O) groups is 1. The summed E-state index contributed by atoms with van der Waals surface area (Å²) in [5, 5.41) is 0.